The Morgan fingerprint density at radius 3 is 2.47 bits per heavy atom. The summed E-state index contributed by atoms with van der Waals surface area (Å²) < 4.78 is 18.8. The third-order valence-corrected chi connectivity index (χ3v) is 3.95. The molecule has 2 aromatic carbocycles. The lowest BCUT2D eigenvalue weighted by Crippen LogP contribution is -1.97. The van der Waals surface area contributed by atoms with Gasteiger partial charge >= 0.3 is 0 Å². The number of rotatable bonds is 4. The van der Waals surface area contributed by atoms with Crippen LogP contribution in [0.1, 0.15) is 16.5 Å². The third kappa shape index (κ3) is 3.71. The van der Waals surface area contributed by atoms with Crippen molar-refractivity contribution < 1.29 is 9.13 Å². The van der Waals surface area contributed by atoms with Gasteiger partial charge in [0.25, 0.3) is 0 Å². The molecular weight excluding hydrogens is 331 g/mol. The van der Waals surface area contributed by atoms with E-state index in [1.54, 1.807) is 13.2 Å². The van der Waals surface area contributed by atoms with E-state index in [2.05, 4.69) is 15.9 Å². The Balaban J connectivity index is 2.13. The topological polar surface area (TPSA) is 9.23 Å². The van der Waals surface area contributed by atoms with Gasteiger partial charge in [-0.3, -0.25) is 0 Å². The van der Waals surface area contributed by atoms with Crippen LogP contribution in [-0.2, 0) is 6.42 Å². The van der Waals surface area contributed by atoms with Crippen LogP contribution < -0.4 is 4.74 Å². The molecule has 100 valence electrons. The SMILES string of the molecule is COc1ccc(CC(Cl)c2ccc(F)cc2Br)cc1. The molecule has 0 radical (unpaired) electrons. The van der Waals surface area contributed by atoms with Gasteiger partial charge in [0.05, 0.1) is 12.5 Å². The van der Waals surface area contributed by atoms with Crippen molar-refractivity contribution in [2.45, 2.75) is 11.8 Å². The Labute approximate surface area is 125 Å². The van der Waals surface area contributed by atoms with Gasteiger partial charge in [-0.2, -0.15) is 0 Å². The quantitative estimate of drug-likeness (QED) is 0.700. The second kappa shape index (κ2) is 6.40. The van der Waals surface area contributed by atoms with Crippen molar-refractivity contribution in [1.82, 2.24) is 0 Å². The summed E-state index contributed by atoms with van der Waals surface area (Å²) in [5.41, 5.74) is 2.00. The standard InChI is InChI=1S/C15H13BrClFO/c1-19-12-5-2-10(3-6-12)8-15(17)13-7-4-11(18)9-14(13)16/h2-7,9,15H,8H2,1H3. The van der Waals surface area contributed by atoms with Crippen molar-refractivity contribution in [2.75, 3.05) is 7.11 Å². The minimum absolute atomic E-state index is 0.205. The molecule has 2 aromatic rings. The van der Waals surface area contributed by atoms with Crippen molar-refractivity contribution in [1.29, 1.82) is 0 Å². The Morgan fingerprint density at radius 2 is 1.89 bits per heavy atom. The van der Waals surface area contributed by atoms with E-state index in [1.807, 2.05) is 24.3 Å². The summed E-state index contributed by atoms with van der Waals surface area (Å²) in [5, 5.41) is -0.205. The van der Waals surface area contributed by atoms with Gasteiger partial charge in [0.15, 0.2) is 0 Å². The molecule has 0 saturated carbocycles. The van der Waals surface area contributed by atoms with Crippen LogP contribution in [0.5, 0.6) is 5.75 Å². The summed E-state index contributed by atoms with van der Waals surface area (Å²) in [4.78, 5) is 0. The Morgan fingerprint density at radius 1 is 1.21 bits per heavy atom. The van der Waals surface area contributed by atoms with E-state index >= 15 is 0 Å². The predicted octanol–water partition coefficient (Wildman–Crippen LogP) is 5.12. The lowest BCUT2D eigenvalue weighted by Gasteiger charge is -2.12. The first-order chi connectivity index (χ1) is 9.10. The fraction of sp³-hybridized carbons (Fsp3) is 0.200. The van der Waals surface area contributed by atoms with Crippen molar-refractivity contribution >= 4 is 27.5 Å². The van der Waals surface area contributed by atoms with Crippen LogP contribution in [0.15, 0.2) is 46.9 Å². The zero-order chi connectivity index (χ0) is 13.8. The predicted molar refractivity (Wildman–Crippen MR) is 79.4 cm³/mol. The fourth-order valence-corrected chi connectivity index (χ4v) is 2.96. The summed E-state index contributed by atoms with van der Waals surface area (Å²) in [5.74, 6) is 0.543. The Hall–Kier alpha value is -1.06. The number of halogens is 3. The van der Waals surface area contributed by atoms with E-state index in [4.69, 9.17) is 16.3 Å². The minimum atomic E-state index is -0.274. The second-order valence-corrected chi connectivity index (χ2v) is 5.57. The van der Waals surface area contributed by atoms with Gasteiger partial charge in [-0.15, -0.1) is 11.6 Å². The van der Waals surface area contributed by atoms with E-state index in [0.29, 0.717) is 10.9 Å². The zero-order valence-electron chi connectivity index (χ0n) is 10.4. The van der Waals surface area contributed by atoms with Crippen LogP contribution in [0.25, 0.3) is 0 Å². The van der Waals surface area contributed by atoms with Crippen molar-refractivity contribution in [3.05, 3.63) is 63.9 Å². The third-order valence-electron chi connectivity index (χ3n) is 2.87. The minimum Gasteiger partial charge on any atom is -0.497 e. The van der Waals surface area contributed by atoms with E-state index in [-0.39, 0.29) is 11.2 Å². The molecule has 1 unspecified atom stereocenters. The fourth-order valence-electron chi connectivity index (χ4n) is 1.83. The summed E-state index contributed by atoms with van der Waals surface area (Å²) in [6.45, 7) is 0. The lowest BCUT2D eigenvalue weighted by molar-refractivity contribution is 0.414. The lowest BCUT2D eigenvalue weighted by atomic mass is 10.0. The smallest absolute Gasteiger partial charge is 0.124 e. The van der Waals surface area contributed by atoms with Crippen LogP contribution in [0.2, 0.25) is 0 Å². The maximum atomic E-state index is 13.0. The molecule has 2 rings (SSSR count). The molecule has 0 aliphatic heterocycles. The molecule has 1 atom stereocenters. The first kappa shape index (κ1) is 14.4. The highest BCUT2D eigenvalue weighted by Crippen LogP contribution is 2.31. The maximum Gasteiger partial charge on any atom is 0.124 e. The molecule has 0 heterocycles. The summed E-state index contributed by atoms with van der Waals surface area (Å²) in [6.07, 6.45) is 0.676. The highest BCUT2D eigenvalue weighted by Gasteiger charge is 2.13. The normalized spacial score (nSPS) is 12.2. The first-order valence-electron chi connectivity index (χ1n) is 5.82. The molecule has 0 aliphatic rings. The molecule has 4 heteroatoms. The highest BCUT2D eigenvalue weighted by atomic mass is 79.9. The van der Waals surface area contributed by atoms with Gasteiger partial charge in [0.2, 0.25) is 0 Å². The van der Waals surface area contributed by atoms with E-state index in [0.717, 1.165) is 16.9 Å². The van der Waals surface area contributed by atoms with Crippen LogP contribution in [-0.4, -0.2) is 7.11 Å². The molecule has 0 spiro atoms. The van der Waals surface area contributed by atoms with Gasteiger partial charge in [-0.05, 0) is 41.8 Å². The molecule has 0 N–H and O–H groups in total. The molecule has 1 nitrogen and oxygen atoms in total. The van der Waals surface area contributed by atoms with Crippen LogP contribution >= 0.6 is 27.5 Å². The summed E-state index contributed by atoms with van der Waals surface area (Å²) in [7, 11) is 1.63. The Bertz CT molecular complexity index is 557. The van der Waals surface area contributed by atoms with E-state index < -0.39 is 0 Å². The summed E-state index contributed by atoms with van der Waals surface area (Å²) >= 11 is 9.73. The summed E-state index contributed by atoms with van der Waals surface area (Å²) in [6, 6.07) is 12.3. The molecule has 19 heavy (non-hydrogen) atoms. The zero-order valence-corrected chi connectivity index (χ0v) is 12.7. The van der Waals surface area contributed by atoms with Crippen LogP contribution in [0, 0.1) is 5.82 Å². The molecule has 0 saturated heterocycles. The van der Waals surface area contributed by atoms with Gasteiger partial charge in [-0.25, -0.2) is 4.39 Å². The number of alkyl halides is 1. The number of benzene rings is 2. The second-order valence-electron chi connectivity index (χ2n) is 4.19. The number of hydrogen-bond donors (Lipinski definition) is 0. The average Bonchev–Trinajstić information content (AvgIpc) is 2.39. The highest BCUT2D eigenvalue weighted by molar-refractivity contribution is 9.10. The number of ether oxygens (including phenoxy) is 1. The molecule has 0 fully saturated rings. The maximum absolute atomic E-state index is 13.0. The first-order valence-corrected chi connectivity index (χ1v) is 7.05. The number of hydrogen-bond acceptors (Lipinski definition) is 1. The van der Waals surface area contributed by atoms with E-state index in [9.17, 15) is 4.39 Å². The monoisotopic (exact) mass is 342 g/mol. The molecule has 0 aromatic heterocycles. The van der Waals surface area contributed by atoms with Gasteiger partial charge < -0.3 is 4.74 Å². The van der Waals surface area contributed by atoms with Crippen molar-refractivity contribution in [3.8, 4) is 5.75 Å². The molecule has 0 aliphatic carbocycles. The molecular formula is C15H13BrClFO. The number of methoxy groups -OCH3 is 1. The van der Waals surface area contributed by atoms with Gasteiger partial charge in [0, 0.05) is 4.47 Å². The van der Waals surface area contributed by atoms with Crippen LogP contribution in [0.3, 0.4) is 0 Å². The van der Waals surface area contributed by atoms with E-state index in [1.165, 1.54) is 12.1 Å². The van der Waals surface area contributed by atoms with Gasteiger partial charge in [-0.1, -0.05) is 34.1 Å². The molecule has 0 bridgehead atoms. The average molecular weight is 344 g/mol. The van der Waals surface area contributed by atoms with Gasteiger partial charge in [0.1, 0.15) is 11.6 Å². The van der Waals surface area contributed by atoms with Crippen molar-refractivity contribution in [2.24, 2.45) is 0 Å². The Kier molecular flexibility index (Phi) is 4.83. The van der Waals surface area contributed by atoms with Crippen LogP contribution in [0.4, 0.5) is 4.39 Å². The molecule has 0 amide bonds. The van der Waals surface area contributed by atoms with Crippen molar-refractivity contribution in [3.63, 3.8) is 0 Å². The largest absolute Gasteiger partial charge is 0.497 e.